The molecule has 16 heavy (non-hydrogen) atoms. The van der Waals surface area contributed by atoms with Gasteiger partial charge in [0.15, 0.2) is 0 Å². The highest BCUT2D eigenvalue weighted by molar-refractivity contribution is 6.29. The SMILES string of the molecule is C=C(Cl)CNCC(C)CCc1ccccc1. The van der Waals surface area contributed by atoms with Gasteiger partial charge >= 0.3 is 0 Å². The van der Waals surface area contributed by atoms with Crippen LogP contribution in [0.25, 0.3) is 0 Å². The fourth-order valence-corrected chi connectivity index (χ4v) is 1.71. The maximum atomic E-state index is 5.68. The molecule has 1 aromatic rings. The molecule has 88 valence electrons. The summed E-state index contributed by atoms with van der Waals surface area (Å²) in [5.74, 6) is 0.663. The minimum Gasteiger partial charge on any atom is -0.312 e. The zero-order valence-electron chi connectivity index (χ0n) is 9.88. The van der Waals surface area contributed by atoms with E-state index in [1.54, 1.807) is 0 Å². The Balaban J connectivity index is 2.15. The molecular weight excluding hydrogens is 218 g/mol. The minimum atomic E-state index is 0.663. The van der Waals surface area contributed by atoms with Gasteiger partial charge in [0.05, 0.1) is 0 Å². The van der Waals surface area contributed by atoms with Gasteiger partial charge in [0.25, 0.3) is 0 Å². The quantitative estimate of drug-likeness (QED) is 0.764. The molecule has 0 aliphatic rings. The highest BCUT2D eigenvalue weighted by atomic mass is 35.5. The average Bonchev–Trinajstić information content (AvgIpc) is 2.27. The molecule has 0 heterocycles. The predicted octanol–water partition coefficient (Wildman–Crippen LogP) is 3.60. The summed E-state index contributed by atoms with van der Waals surface area (Å²) in [6.07, 6.45) is 2.34. The van der Waals surface area contributed by atoms with Gasteiger partial charge in [0.2, 0.25) is 0 Å². The van der Waals surface area contributed by atoms with E-state index in [1.807, 2.05) is 0 Å². The van der Waals surface area contributed by atoms with Gasteiger partial charge in [-0.3, -0.25) is 0 Å². The van der Waals surface area contributed by atoms with Gasteiger partial charge in [0, 0.05) is 11.6 Å². The normalized spacial score (nSPS) is 12.4. The zero-order chi connectivity index (χ0) is 11.8. The highest BCUT2D eigenvalue weighted by Gasteiger charge is 2.02. The summed E-state index contributed by atoms with van der Waals surface area (Å²) in [4.78, 5) is 0. The molecule has 0 fully saturated rings. The second-order valence-corrected chi connectivity index (χ2v) is 4.81. The molecule has 1 rings (SSSR count). The monoisotopic (exact) mass is 237 g/mol. The van der Waals surface area contributed by atoms with E-state index in [1.165, 1.54) is 12.0 Å². The highest BCUT2D eigenvalue weighted by Crippen LogP contribution is 2.08. The lowest BCUT2D eigenvalue weighted by Gasteiger charge is -2.12. The Labute approximate surface area is 104 Å². The first-order valence-corrected chi connectivity index (χ1v) is 6.14. The third-order valence-electron chi connectivity index (χ3n) is 2.58. The van der Waals surface area contributed by atoms with Crippen LogP contribution in [0.4, 0.5) is 0 Å². The van der Waals surface area contributed by atoms with E-state index >= 15 is 0 Å². The smallest absolute Gasteiger partial charge is 0.0307 e. The first-order valence-electron chi connectivity index (χ1n) is 5.76. The van der Waals surface area contributed by atoms with Crippen LogP contribution in [-0.2, 0) is 6.42 Å². The zero-order valence-corrected chi connectivity index (χ0v) is 10.6. The van der Waals surface area contributed by atoms with Gasteiger partial charge in [-0.05, 0) is 30.9 Å². The molecule has 0 bridgehead atoms. The molecule has 0 amide bonds. The van der Waals surface area contributed by atoms with E-state index in [0.717, 1.165) is 13.0 Å². The van der Waals surface area contributed by atoms with Crippen molar-refractivity contribution >= 4 is 11.6 Å². The van der Waals surface area contributed by atoms with Crippen LogP contribution in [0.2, 0.25) is 0 Å². The Bertz CT molecular complexity index is 308. The molecule has 1 atom stereocenters. The number of rotatable bonds is 7. The first-order chi connectivity index (χ1) is 7.68. The molecule has 0 spiro atoms. The fraction of sp³-hybridized carbons (Fsp3) is 0.429. The van der Waals surface area contributed by atoms with Gasteiger partial charge in [-0.15, -0.1) is 0 Å². The molecular formula is C14H20ClN. The number of benzene rings is 1. The van der Waals surface area contributed by atoms with Crippen molar-refractivity contribution in [2.75, 3.05) is 13.1 Å². The molecule has 1 aromatic carbocycles. The number of nitrogens with one attached hydrogen (secondary N) is 1. The Morgan fingerprint density at radius 2 is 2.06 bits per heavy atom. The molecule has 0 aliphatic heterocycles. The molecule has 1 unspecified atom stereocenters. The molecule has 1 nitrogen and oxygen atoms in total. The summed E-state index contributed by atoms with van der Waals surface area (Å²) >= 11 is 5.68. The van der Waals surface area contributed by atoms with Crippen molar-refractivity contribution in [3.8, 4) is 0 Å². The van der Waals surface area contributed by atoms with Gasteiger partial charge in [-0.2, -0.15) is 0 Å². The van der Waals surface area contributed by atoms with Crippen molar-refractivity contribution in [1.29, 1.82) is 0 Å². The number of hydrogen-bond acceptors (Lipinski definition) is 1. The van der Waals surface area contributed by atoms with Gasteiger partial charge in [-0.1, -0.05) is 55.4 Å². The summed E-state index contributed by atoms with van der Waals surface area (Å²) in [5.41, 5.74) is 1.41. The van der Waals surface area contributed by atoms with Crippen LogP contribution >= 0.6 is 11.6 Å². The Morgan fingerprint density at radius 3 is 2.69 bits per heavy atom. The van der Waals surface area contributed by atoms with E-state index in [9.17, 15) is 0 Å². The lowest BCUT2D eigenvalue weighted by Crippen LogP contribution is -2.22. The van der Waals surface area contributed by atoms with Crippen LogP contribution in [0.3, 0.4) is 0 Å². The van der Waals surface area contributed by atoms with Crippen molar-refractivity contribution in [2.45, 2.75) is 19.8 Å². The fourth-order valence-electron chi connectivity index (χ4n) is 1.61. The molecule has 1 N–H and O–H groups in total. The van der Waals surface area contributed by atoms with Gasteiger partial charge in [-0.25, -0.2) is 0 Å². The maximum Gasteiger partial charge on any atom is 0.0307 e. The second kappa shape index (κ2) is 7.48. The third kappa shape index (κ3) is 5.94. The minimum absolute atomic E-state index is 0.663. The summed E-state index contributed by atoms with van der Waals surface area (Å²) < 4.78 is 0. The van der Waals surface area contributed by atoms with Crippen LogP contribution < -0.4 is 5.32 Å². The largest absolute Gasteiger partial charge is 0.312 e. The summed E-state index contributed by atoms with van der Waals surface area (Å²) in [7, 11) is 0. The third-order valence-corrected chi connectivity index (χ3v) is 2.71. The van der Waals surface area contributed by atoms with E-state index in [2.05, 4.69) is 49.2 Å². The van der Waals surface area contributed by atoms with Crippen molar-refractivity contribution in [3.05, 3.63) is 47.5 Å². The van der Waals surface area contributed by atoms with E-state index in [0.29, 0.717) is 17.5 Å². The van der Waals surface area contributed by atoms with Crippen molar-refractivity contribution in [2.24, 2.45) is 5.92 Å². The van der Waals surface area contributed by atoms with Crippen LogP contribution in [0, 0.1) is 5.92 Å². The summed E-state index contributed by atoms with van der Waals surface area (Å²) in [6, 6.07) is 10.6. The lowest BCUT2D eigenvalue weighted by atomic mass is 10.0. The topological polar surface area (TPSA) is 12.0 Å². The molecule has 0 aromatic heterocycles. The summed E-state index contributed by atoms with van der Waals surface area (Å²) in [6.45, 7) is 7.61. The average molecular weight is 238 g/mol. The summed E-state index contributed by atoms with van der Waals surface area (Å²) in [5, 5.41) is 3.97. The predicted molar refractivity (Wildman–Crippen MR) is 71.8 cm³/mol. The Kier molecular flexibility index (Phi) is 6.20. The Hall–Kier alpha value is -0.790. The van der Waals surface area contributed by atoms with Crippen LogP contribution in [0.1, 0.15) is 18.9 Å². The molecule has 0 saturated carbocycles. The van der Waals surface area contributed by atoms with E-state index < -0.39 is 0 Å². The molecule has 0 saturated heterocycles. The second-order valence-electron chi connectivity index (χ2n) is 4.28. The standard InChI is InChI=1S/C14H20ClN/c1-12(10-16-11-13(2)15)8-9-14-6-4-3-5-7-14/h3-7,12,16H,2,8-11H2,1H3. The first kappa shape index (κ1) is 13.3. The molecule has 2 heteroatoms. The van der Waals surface area contributed by atoms with Gasteiger partial charge in [0.1, 0.15) is 0 Å². The van der Waals surface area contributed by atoms with Crippen LogP contribution in [0.5, 0.6) is 0 Å². The van der Waals surface area contributed by atoms with Crippen molar-refractivity contribution in [1.82, 2.24) is 5.32 Å². The van der Waals surface area contributed by atoms with Crippen LogP contribution in [0.15, 0.2) is 41.9 Å². The van der Waals surface area contributed by atoms with E-state index in [-0.39, 0.29) is 0 Å². The number of aryl methyl sites for hydroxylation is 1. The van der Waals surface area contributed by atoms with Crippen molar-refractivity contribution < 1.29 is 0 Å². The lowest BCUT2D eigenvalue weighted by molar-refractivity contribution is 0.494. The Morgan fingerprint density at radius 1 is 1.38 bits per heavy atom. The number of halogens is 1. The van der Waals surface area contributed by atoms with Crippen LogP contribution in [-0.4, -0.2) is 13.1 Å². The van der Waals surface area contributed by atoms with Crippen molar-refractivity contribution in [3.63, 3.8) is 0 Å². The number of hydrogen-bond donors (Lipinski definition) is 1. The molecule has 0 radical (unpaired) electrons. The maximum absolute atomic E-state index is 5.68. The van der Waals surface area contributed by atoms with Gasteiger partial charge < -0.3 is 5.32 Å². The van der Waals surface area contributed by atoms with E-state index in [4.69, 9.17) is 11.6 Å². The molecule has 0 aliphatic carbocycles.